The van der Waals surface area contributed by atoms with E-state index in [1.165, 1.54) is 5.56 Å². The molecule has 0 aliphatic carbocycles. The first-order valence-electron chi connectivity index (χ1n) is 6.78. The monoisotopic (exact) mass is 261 g/mol. The van der Waals surface area contributed by atoms with Crippen LogP contribution in [0.5, 0.6) is 0 Å². The lowest BCUT2D eigenvalue weighted by atomic mass is 9.85. The van der Waals surface area contributed by atoms with Crippen LogP contribution in [0.15, 0.2) is 30.6 Å². The van der Waals surface area contributed by atoms with Crippen LogP contribution in [-0.2, 0) is 6.54 Å². The molecule has 4 heteroatoms. The first kappa shape index (κ1) is 14.0. The SMILES string of the molecule is CC(C)(C)C(CCO)NCc1cnn2ccccc12. The highest BCUT2D eigenvalue weighted by atomic mass is 16.3. The molecule has 0 aliphatic heterocycles. The van der Waals surface area contributed by atoms with Crippen molar-refractivity contribution in [3.63, 3.8) is 0 Å². The van der Waals surface area contributed by atoms with Crippen LogP contribution in [0.25, 0.3) is 5.52 Å². The van der Waals surface area contributed by atoms with Crippen molar-refractivity contribution in [3.05, 3.63) is 36.2 Å². The van der Waals surface area contributed by atoms with Crippen LogP contribution in [0.1, 0.15) is 32.8 Å². The summed E-state index contributed by atoms with van der Waals surface area (Å²) in [4.78, 5) is 0. The number of nitrogens with zero attached hydrogens (tertiary/aromatic N) is 2. The standard InChI is InChI=1S/C15H23N3O/c1-15(2,3)14(7-9-19)16-10-12-11-17-18-8-5-4-6-13(12)18/h4-6,8,11,14,16,19H,7,9-10H2,1-3H3. The Hall–Kier alpha value is -1.39. The van der Waals surface area contributed by atoms with Gasteiger partial charge in [-0.3, -0.25) is 0 Å². The fourth-order valence-electron chi connectivity index (χ4n) is 2.33. The molecular weight excluding hydrogens is 238 g/mol. The molecular formula is C15H23N3O. The minimum absolute atomic E-state index is 0.131. The van der Waals surface area contributed by atoms with Gasteiger partial charge in [-0.25, -0.2) is 4.52 Å². The Kier molecular flexibility index (Phi) is 4.22. The number of hydrogen-bond acceptors (Lipinski definition) is 3. The van der Waals surface area contributed by atoms with Crippen LogP contribution in [-0.4, -0.2) is 27.4 Å². The zero-order valence-electron chi connectivity index (χ0n) is 11.9. The van der Waals surface area contributed by atoms with Crippen LogP contribution in [0.3, 0.4) is 0 Å². The maximum Gasteiger partial charge on any atom is 0.0706 e. The number of nitrogens with one attached hydrogen (secondary N) is 1. The van der Waals surface area contributed by atoms with Crippen molar-refractivity contribution in [1.29, 1.82) is 0 Å². The predicted octanol–water partition coefficient (Wildman–Crippen LogP) is 2.22. The van der Waals surface area contributed by atoms with Gasteiger partial charge in [-0.15, -0.1) is 0 Å². The molecule has 4 nitrogen and oxygen atoms in total. The number of aromatic nitrogens is 2. The molecule has 2 heterocycles. The number of fused-ring (bicyclic) bond motifs is 1. The van der Waals surface area contributed by atoms with E-state index >= 15 is 0 Å². The van der Waals surface area contributed by atoms with Gasteiger partial charge >= 0.3 is 0 Å². The summed E-state index contributed by atoms with van der Waals surface area (Å²) in [5.41, 5.74) is 2.45. The lowest BCUT2D eigenvalue weighted by Crippen LogP contribution is -2.40. The van der Waals surface area contributed by atoms with Gasteiger partial charge in [0.05, 0.1) is 11.7 Å². The summed E-state index contributed by atoms with van der Waals surface area (Å²) in [7, 11) is 0. The zero-order chi connectivity index (χ0) is 13.9. The van der Waals surface area contributed by atoms with Crippen molar-refractivity contribution in [3.8, 4) is 0 Å². The average molecular weight is 261 g/mol. The van der Waals surface area contributed by atoms with Gasteiger partial charge < -0.3 is 10.4 Å². The summed E-state index contributed by atoms with van der Waals surface area (Å²) in [6.07, 6.45) is 4.62. The molecule has 19 heavy (non-hydrogen) atoms. The van der Waals surface area contributed by atoms with Crippen LogP contribution < -0.4 is 5.32 Å². The number of pyridine rings is 1. The summed E-state index contributed by atoms with van der Waals surface area (Å²) in [5.74, 6) is 0. The maximum atomic E-state index is 9.17. The van der Waals surface area contributed by atoms with Gasteiger partial charge in [0, 0.05) is 31.0 Å². The van der Waals surface area contributed by atoms with Crippen LogP contribution in [0, 0.1) is 5.41 Å². The first-order chi connectivity index (χ1) is 9.02. The van der Waals surface area contributed by atoms with Crippen LogP contribution in [0.4, 0.5) is 0 Å². The quantitative estimate of drug-likeness (QED) is 0.867. The molecule has 2 aromatic heterocycles. The highest BCUT2D eigenvalue weighted by Gasteiger charge is 2.23. The van der Waals surface area contributed by atoms with E-state index in [4.69, 9.17) is 0 Å². The Morgan fingerprint density at radius 3 is 2.84 bits per heavy atom. The summed E-state index contributed by atoms with van der Waals surface area (Å²) in [5, 5.41) is 17.0. The third-order valence-electron chi connectivity index (χ3n) is 3.51. The van der Waals surface area contributed by atoms with Gasteiger partial charge in [-0.05, 0) is 24.0 Å². The summed E-state index contributed by atoms with van der Waals surface area (Å²) in [6.45, 7) is 7.56. The molecule has 0 amide bonds. The van der Waals surface area contributed by atoms with E-state index in [0.29, 0.717) is 0 Å². The average Bonchev–Trinajstić information content (AvgIpc) is 2.76. The molecule has 2 rings (SSSR count). The lowest BCUT2D eigenvalue weighted by Gasteiger charge is -2.31. The maximum absolute atomic E-state index is 9.17. The van der Waals surface area contributed by atoms with E-state index in [0.717, 1.165) is 18.5 Å². The predicted molar refractivity (Wildman–Crippen MR) is 77.0 cm³/mol. The molecule has 0 spiro atoms. The summed E-state index contributed by atoms with van der Waals surface area (Å²) >= 11 is 0. The highest BCUT2D eigenvalue weighted by Crippen LogP contribution is 2.22. The molecule has 0 bridgehead atoms. The molecule has 1 atom stereocenters. The Morgan fingerprint density at radius 1 is 1.37 bits per heavy atom. The van der Waals surface area contributed by atoms with Gasteiger partial charge in [0.25, 0.3) is 0 Å². The van der Waals surface area contributed by atoms with E-state index in [1.54, 1.807) is 0 Å². The van der Waals surface area contributed by atoms with E-state index < -0.39 is 0 Å². The first-order valence-corrected chi connectivity index (χ1v) is 6.78. The molecule has 0 aromatic carbocycles. The molecule has 0 aliphatic rings. The van der Waals surface area contributed by atoms with Crippen molar-refractivity contribution >= 4 is 5.52 Å². The minimum atomic E-state index is 0.131. The van der Waals surface area contributed by atoms with Gasteiger partial charge in [-0.2, -0.15) is 5.10 Å². The summed E-state index contributed by atoms with van der Waals surface area (Å²) < 4.78 is 1.88. The molecule has 104 valence electrons. The van der Waals surface area contributed by atoms with Crippen molar-refractivity contribution in [2.75, 3.05) is 6.61 Å². The molecule has 0 saturated carbocycles. The molecule has 0 fully saturated rings. The van der Waals surface area contributed by atoms with Gasteiger partial charge in [0.1, 0.15) is 0 Å². The second-order valence-corrected chi connectivity index (χ2v) is 6.01. The Balaban J connectivity index is 2.08. The second kappa shape index (κ2) is 5.72. The Labute approximate surface area is 114 Å². The van der Waals surface area contributed by atoms with E-state index in [2.05, 4.69) is 37.3 Å². The number of aliphatic hydroxyl groups excluding tert-OH is 1. The second-order valence-electron chi connectivity index (χ2n) is 6.01. The summed E-state index contributed by atoms with van der Waals surface area (Å²) in [6, 6.07) is 6.36. The largest absolute Gasteiger partial charge is 0.396 e. The van der Waals surface area contributed by atoms with E-state index in [9.17, 15) is 5.11 Å². The third-order valence-corrected chi connectivity index (χ3v) is 3.51. The van der Waals surface area contributed by atoms with Crippen LogP contribution in [0.2, 0.25) is 0 Å². The van der Waals surface area contributed by atoms with E-state index in [-0.39, 0.29) is 18.1 Å². The third kappa shape index (κ3) is 3.33. The lowest BCUT2D eigenvalue weighted by molar-refractivity contribution is 0.196. The van der Waals surface area contributed by atoms with Gasteiger partial charge in [-0.1, -0.05) is 26.8 Å². The molecule has 1 unspecified atom stereocenters. The Morgan fingerprint density at radius 2 is 2.16 bits per heavy atom. The number of aliphatic hydroxyl groups is 1. The topological polar surface area (TPSA) is 49.6 Å². The zero-order valence-corrected chi connectivity index (χ0v) is 11.9. The smallest absolute Gasteiger partial charge is 0.0706 e. The molecule has 0 radical (unpaired) electrons. The van der Waals surface area contributed by atoms with E-state index in [1.807, 2.05) is 29.0 Å². The van der Waals surface area contributed by atoms with Gasteiger partial charge in [0.2, 0.25) is 0 Å². The Bertz CT molecular complexity index is 527. The fourth-order valence-corrected chi connectivity index (χ4v) is 2.33. The van der Waals surface area contributed by atoms with Gasteiger partial charge in [0.15, 0.2) is 0 Å². The van der Waals surface area contributed by atoms with Crippen molar-refractivity contribution in [1.82, 2.24) is 14.9 Å². The minimum Gasteiger partial charge on any atom is -0.396 e. The molecule has 2 aromatic rings. The molecule has 0 saturated heterocycles. The van der Waals surface area contributed by atoms with Crippen LogP contribution >= 0.6 is 0 Å². The number of hydrogen-bond donors (Lipinski definition) is 2. The highest BCUT2D eigenvalue weighted by molar-refractivity contribution is 5.53. The van der Waals surface area contributed by atoms with Crippen molar-refractivity contribution in [2.24, 2.45) is 5.41 Å². The fraction of sp³-hybridized carbons (Fsp3) is 0.533. The normalized spacial score (nSPS) is 13.9. The van der Waals surface area contributed by atoms with Crippen molar-refractivity contribution < 1.29 is 5.11 Å². The number of rotatable bonds is 5. The van der Waals surface area contributed by atoms with Crippen molar-refractivity contribution in [2.45, 2.75) is 39.8 Å². The molecule has 2 N–H and O–H groups in total.